The van der Waals surface area contributed by atoms with E-state index in [1.165, 1.54) is 32.1 Å². The van der Waals surface area contributed by atoms with Gasteiger partial charge in [-0.25, -0.2) is 0 Å². The van der Waals surface area contributed by atoms with Gasteiger partial charge in [-0.15, -0.1) is 0 Å². The molecule has 0 spiro atoms. The Kier molecular flexibility index (Phi) is 21.5. The molecule has 0 fully saturated rings. The summed E-state index contributed by atoms with van der Waals surface area (Å²) in [5.74, 6) is 0. The van der Waals surface area contributed by atoms with Crippen molar-refractivity contribution >= 4 is 0 Å². The van der Waals surface area contributed by atoms with Gasteiger partial charge in [0.15, 0.2) is 6.29 Å². The van der Waals surface area contributed by atoms with Gasteiger partial charge in [0.05, 0.1) is 0 Å². The molecule has 0 aromatic heterocycles. The second-order valence-electron chi connectivity index (χ2n) is 4.54. The van der Waals surface area contributed by atoms with Crippen molar-refractivity contribution < 1.29 is 20.4 Å². The Labute approximate surface area is 112 Å². The van der Waals surface area contributed by atoms with E-state index in [-0.39, 0.29) is 13.2 Å². The predicted molar refractivity (Wildman–Crippen MR) is 74.2 cm³/mol. The Balaban J connectivity index is 0. The highest BCUT2D eigenvalue weighted by molar-refractivity contribution is 4.46. The topological polar surface area (TPSA) is 80.9 Å². The fourth-order valence-electron chi connectivity index (χ4n) is 1.51. The fraction of sp³-hybridized carbons (Fsp3) is 1.00. The van der Waals surface area contributed by atoms with Gasteiger partial charge in [0.2, 0.25) is 0 Å². The van der Waals surface area contributed by atoms with E-state index in [9.17, 15) is 0 Å². The first kappa shape index (κ1) is 20.2. The second kappa shape index (κ2) is 19.2. The third-order valence-electron chi connectivity index (χ3n) is 2.63. The summed E-state index contributed by atoms with van der Waals surface area (Å²) in [5.41, 5.74) is 0. The van der Waals surface area contributed by atoms with E-state index in [0.717, 1.165) is 25.7 Å². The molecule has 4 N–H and O–H groups in total. The van der Waals surface area contributed by atoms with Crippen molar-refractivity contribution in [2.75, 3.05) is 13.2 Å². The quantitative estimate of drug-likeness (QED) is 0.341. The first-order valence-electron chi connectivity index (χ1n) is 7.26. The molecule has 0 radical (unpaired) electrons. The summed E-state index contributed by atoms with van der Waals surface area (Å²) in [6, 6.07) is 0. The molecule has 0 rings (SSSR count). The van der Waals surface area contributed by atoms with Gasteiger partial charge in [0, 0.05) is 13.2 Å². The van der Waals surface area contributed by atoms with E-state index < -0.39 is 6.29 Å². The van der Waals surface area contributed by atoms with Crippen LogP contribution in [0.3, 0.4) is 0 Å². The molecule has 0 aromatic rings. The first-order valence-corrected chi connectivity index (χ1v) is 7.26. The summed E-state index contributed by atoms with van der Waals surface area (Å²) < 4.78 is 0. The van der Waals surface area contributed by atoms with Crippen molar-refractivity contribution in [3.63, 3.8) is 0 Å². The summed E-state index contributed by atoms with van der Waals surface area (Å²) >= 11 is 0. The average molecular weight is 264 g/mol. The molecule has 0 amide bonds. The number of rotatable bonds is 11. The van der Waals surface area contributed by atoms with Crippen molar-refractivity contribution in [1.29, 1.82) is 0 Å². The molecule has 0 saturated carbocycles. The minimum absolute atomic E-state index is 0.195. The largest absolute Gasteiger partial charge is 0.396 e. The Bertz CT molecular complexity index is 125. The maximum Gasteiger partial charge on any atom is 0.151 e. The van der Waals surface area contributed by atoms with E-state index >= 15 is 0 Å². The van der Waals surface area contributed by atoms with Gasteiger partial charge in [0.25, 0.3) is 0 Å². The van der Waals surface area contributed by atoms with Crippen LogP contribution in [0.5, 0.6) is 0 Å². The van der Waals surface area contributed by atoms with Gasteiger partial charge in [-0.05, 0) is 25.7 Å². The average Bonchev–Trinajstić information content (AvgIpc) is 2.36. The molecular formula is C14H32O4. The smallest absolute Gasteiger partial charge is 0.151 e. The molecule has 4 heteroatoms. The van der Waals surface area contributed by atoms with E-state index in [0.29, 0.717) is 6.42 Å². The zero-order chi connectivity index (χ0) is 14.1. The molecule has 0 aliphatic rings. The Morgan fingerprint density at radius 1 is 0.667 bits per heavy atom. The normalized spacial score (nSPS) is 10.3. The summed E-state index contributed by atoms with van der Waals surface area (Å²) in [6.45, 7) is 2.60. The van der Waals surface area contributed by atoms with Crippen LogP contribution in [0.15, 0.2) is 0 Å². The Morgan fingerprint density at radius 2 is 1.11 bits per heavy atom. The molecule has 0 aliphatic heterocycles. The Morgan fingerprint density at radius 3 is 1.50 bits per heavy atom. The number of hydrogen-bond donors (Lipinski definition) is 4. The number of aliphatic hydroxyl groups is 4. The van der Waals surface area contributed by atoms with Crippen molar-refractivity contribution in [3.05, 3.63) is 0 Å². The van der Waals surface area contributed by atoms with Crippen LogP contribution in [0, 0.1) is 0 Å². The van der Waals surface area contributed by atoms with Crippen molar-refractivity contribution in [2.45, 2.75) is 77.4 Å². The summed E-state index contributed by atoms with van der Waals surface area (Å²) in [7, 11) is 0. The summed E-state index contributed by atoms with van der Waals surface area (Å²) in [6.07, 6.45) is 9.46. The lowest BCUT2D eigenvalue weighted by atomic mass is 10.1. The zero-order valence-corrected chi connectivity index (χ0v) is 11.9. The lowest BCUT2D eigenvalue weighted by Gasteiger charge is -2.02. The maximum atomic E-state index is 8.55. The van der Waals surface area contributed by atoms with Crippen LogP contribution in [0.2, 0.25) is 0 Å². The molecular weight excluding hydrogens is 232 g/mol. The first-order chi connectivity index (χ1) is 8.68. The van der Waals surface area contributed by atoms with Gasteiger partial charge >= 0.3 is 0 Å². The highest BCUT2D eigenvalue weighted by Crippen LogP contribution is 2.08. The van der Waals surface area contributed by atoms with Crippen molar-refractivity contribution in [3.8, 4) is 0 Å². The summed E-state index contributed by atoms with van der Waals surface area (Å²) in [4.78, 5) is 0. The van der Waals surface area contributed by atoms with E-state index in [1.807, 2.05) is 0 Å². The third-order valence-corrected chi connectivity index (χ3v) is 2.63. The van der Waals surface area contributed by atoms with Crippen molar-refractivity contribution in [1.82, 2.24) is 0 Å². The minimum Gasteiger partial charge on any atom is -0.396 e. The third kappa shape index (κ3) is 24.9. The lowest BCUT2D eigenvalue weighted by Crippen LogP contribution is -2.02. The van der Waals surface area contributed by atoms with Crippen LogP contribution in [0.1, 0.15) is 71.1 Å². The van der Waals surface area contributed by atoms with Gasteiger partial charge in [-0.2, -0.15) is 0 Å². The molecule has 0 unspecified atom stereocenters. The standard InChI is InChI=1S/C10H22O2.C4H10O2/c1-2-3-4-5-6-7-8-9-10(11)12;5-3-1-2-4-6/h10-12H,2-9H2,1H3;5-6H,1-4H2. The highest BCUT2D eigenvalue weighted by Gasteiger charge is 1.96. The van der Waals surface area contributed by atoms with Crippen LogP contribution >= 0.6 is 0 Å². The van der Waals surface area contributed by atoms with Crippen LogP contribution in [0.4, 0.5) is 0 Å². The molecule has 4 nitrogen and oxygen atoms in total. The van der Waals surface area contributed by atoms with Crippen LogP contribution in [0.25, 0.3) is 0 Å². The molecule has 0 heterocycles. The van der Waals surface area contributed by atoms with Crippen LogP contribution < -0.4 is 0 Å². The van der Waals surface area contributed by atoms with Crippen molar-refractivity contribution in [2.24, 2.45) is 0 Å². The molecule has 0 aliphatic carbocycles. The second-order valence-corrected chi connectivity index (χ2v) is 4.54. The van der Waals surface area contributed by atoms with Crippen LogP contribution in [-0.2, 0) is 0 Å². The highest BCUT2D eigenvalue weighted by atomic mass is 16.5. The van der Waals surface area contributed by atoms with Crippen LogP contribution in [-0.4, -0.2) is 39.9 Å². The van der Waals surface area contributed by atoms with E-state index in [4.69, 9.17) is 20.4 Å². The van der Waals surface area contributed by atoms with Gasteiger partial charge < -0.3 is 20.4 Å². The van der Waals surface area contributed by atoms with Gasteiger partial charge in [0.1, 0.15) is 0 Å². The van der Waals surface area contributed by atoms with E-state index in [1.54, 1.807) is 0 Å². The van der Waals surface area contributed by atoms with Gasteiger partial charge in [-0.1, -0.05) is 45.4 Å². The lowest BCUT2D eigenvalue weighted by molar-refractivity contribution is -0.0466. The molecule has 18 heavy (non-hydrogen) atoms. The monoisotopic (exact) mass is 264 g/mol. The summed E-state index contributed by atoms with van der Waals surface area (Å²) in [5, 5.41) is 33.3. The molecule has 0 atom stereocenters. The maximum absolute atomic E-state index is 8.55. The molecule has 0 bridgehead atoms. The van der Waals surface area contributed by atoms with Gasteiger partial charge in [-0.3, -0.25) is 0 Å². The Hall–Kier alpha value is -0.160. The molecule has 0 saturated heterocycles. The molecule has 112 valence electrons. The SMILES string of the molecule is CCCCCCCCCC(O)O.OCCCCO. The molecule has 0 aromatic carbocycles. The predicted octanol–water partition coefficient (Wildman–Crippen LogP) is 2.19. The number of aliphatic hydroxyl groups excluding tert-OH is 3. The van der Waals surface area contributed by atoms with E-state index in [2.05, 4.69) is 6.92 Å². The minimum atomic E-state index is -1.10. The fourth-order valence-corrected chi connectivity index (χ4v) is 1.51. The zero-order valence-electron chi connectivity index (χ0n) is 11.9. The number of hydrogen-bond acceptors (Lipinski definition) is 4. The number of unbranched alkanes of at least 4 members (excludes halogenated alkanes) is 7.